The van der Waals surface area contributed by atoms with Gasteiger partial charge < -0.3 is 9.64 Å². The van der Waals surface area contributed by atoms with Crippen molar-refractivity contribution >= 4 is 6.09 Å². The molecule has 0 aromatic heterocycles. The van der Waals surface area contributed by atoms with E-state index in [0.29, 0.717) is 0 Å². The van der Waals surface area contributed by atoms with Gasteiger partial charge in [0.2, 0.25) is 0 Å². The van der Waals surface area contributed by atoms with Crippen LogP contribution in [0, 0.1) is 0 Å². The Morgan fingerprint density at radius 2 is 2.05 bits per heavy atom. The van der Waals surface area contributed by atoms with Gasteiger partial charge in [-0.2, -0.15) is 13.2 Å². The van der Waals surface area contributed by atoms with Gasteiger partial charge in [0.15, 0.2) is 0 Å². The minimum Gasteiger partial charge on any atom is -0.445 e. The Balaban J connectivity index is 1.77. The molecule has 1 fully saturated rings. The Morgan fingerprint density at radius 3 is 2.70 bits per heavy atom. The number of hydrogen-bond donors (Lipinski definition) is 1. The number of alkyl halides is 3. The van der Waals surface area contributed by atoms with E-state index in [2.05, 4.69) is 0 Å². The maximum Gasteiger partial charge on any atom is 0.457 e. The summed E-state index contributed by atoms with van der Waals surface area (Å²) in [5.74, 6) is 0. The van der Waals surface area contributed by atoms with E-state index in [1.54, 1.807) is 0 Å². The van der Waals surface area contributed by atoms with Crippen molar-refractivity contribution in [1.29, 1.82) is 0 Å². The van der Waals surface area contributed by atoms with Gasteiger partial charge in [0.25, 0.3) is 0 Å². The number of benzene rings is 1. The molecule has 0 radical (unpaired) electrons. The van der Waals surface area contributed by atoms with Crippen LogP contribution in [0.25, 0.3) is 0 Å². The van der Waals surface area contributed by atoms with Crippen molar-refractivity contribution in [3.63, 3.8) is 0 Å². The third-order valence-corrected chi connectivity index (χ3v) is 3.02. The van der Waals surface area contributed by atoms with Crippen LogP contribution in [0.4, 0.5) is 18.0 Å². The number of halogens is 3. The Bertz CT molecular complexity index is 451. The van der Waals surface area contributed by atoms with Crippen molar-refractivity contribution in [2.24, 2.45) is 0 Å². The predicted octanol–water partition coefficient (Wildman–Crippen LogP) is 2.51. The van der Waals surface area contributed by atoms with Gasteiger partial charge in [0.1, 0.15) is 6.61 Å². The highest BCUT2D eigenvalue weighted by Gasteiger charge is 2.36. The lowest BCUT2D eigenvalue weighted by molar-refractivity contribution is -0.163. The van der Waals surface area contributed by atoms with Gasteiger partial charge in [-0.05, 0) is 12.0 Å². The number of hydrogen-bond acceptors (Lipinski definition) is 3. The summed E-state index contributed by atoms with van der Waals surface area (Å²) >= 11 is 0. The molecule has 0 aliphatic carbocycles. The lowest BCUT2D eigenvalue weighted by atomic mass is 10.2. The van der Waals surface area contributed by atoms with Crippen LogP contribution in [-0.4, -0.2) is 36.4 Å². The molecule has 0 spiro atoms. The molecule has 1 aromatic carbocycles. The van der Waals surface area contributed by atoms with Crippen LogP contribution in [-0.2, 0) is 11.3 Å². The average Bonchev–Trinajstić information content (AvgIpc) is 2.83. The summed E-state index contributed by atoms with van der Waals surface area (Å²) in [6.07, 6.45) is -4.74. The van der Waals surface area contributed by atoms with Gasteiger partial charge >= 0.3 is 12.4 Å². The second kappa shape index (κ2) is 6.13. The summed E-state index contributed by atoms with van der Waals surface area (Å²) in [5, 5.41) is 1.53. The molecule has 1 aromatic rings. The zero-order valence-electron chi connectivity index (χ0n) is 10.7. The minimum absolute atomic E-state index is 0.00708. The summed E-state index contributed by atoms with van der Waals surface area (Å²) < 4.78 is 41.5. The fraction of sp³-hybridized carbons (Fsp3) is 0.462. The van der Waals surface area contributed by atoms with Crippen LogP contribution in [0.2, 0.25) is 0 Å². The number of amides is 1. The van der Waals surface area contributed by atoms with Gasteiger partial charge in [0, 0.05) is 19.1 Å². The SMILES string of the molecule is O=C(OCc1ccccc1)N1CC[C@H](NC(F)(F)F)C1. The molecule has 1 N–H and O–H groups in total. The molecule has 0 unspecified atom stereocenters. The first-order valence-corrected chi connectivity index (χ1v) is 6.24. The van der Waals surface area contributed by atoms with Crippen molar-refractivity contribution in [3.05, 3.63) is 35.9 Å². The number of rotatable bonds is 3. The largest absolute Gasteiger partial charge is 0.457 e. The first-order chi connectivity index (χ1) is 9.44. The van der Waals surface area contributed by atoms with Crippen LogP contribution in [0.15, 0.2) is 30.3 Å². The second-order valence-electron chi connectivity index (χ2n) is 4.61. The molecule has 7 heteroatoms. The highest BCUT2D eigenvalue weighted by Crippen LogP contribution is 2.17. The molecular weight excluding hydrogens is 273 g/mol. The highest BCUT2D eigenvalue weighted by atomic mass is 19.4. The summed E-state index contributed by atoms with van der Waals surface area (Å²) in [4.78, 5) is 13.0. The van der Waals surface area contributed by atoms with E-state index in [4.69, 9.17) is 4.74 Å². The number of carbonyl (C=O) groups is 1. The van der Waals surface area contributed by atoms with E-state index in [1.165, 1.54) is 10.2 Å². The third kappa shape index (κ3) is 4.41. The molecule has 1 saturated heterocycles. The molecule has 1 aliphatic rings. The molecule has 1 aliphatic heterocycles. The summed E-state index contributed by atoms with van der Waals surface area (Å²) in [5.41, 5.74) is 0.838. The van der Waals surface area contributed by atoms with Crippen molar-refractivity contribution in [2.75, 3.05) is 13.1 Å². The Hall–Kier alpha value is -1.76. The Labute approximate surface area is 114 Å². The lowest BCUT2D eigenvalue weighted by Crippen LogP contribution is -2.43. The topological polar surface area (TPSA) is 41.6 Å². The standard InChI is InChI=1S/C13H15F3N2O2/c14-13(15,16)17-11-6-7-18(8-11)12(19)20-9-10-4-2-1-3-5-10/h1-5,11,17H,6-9H2/t11-/m0/s1. The number of nitrogens with zero attached hydrogens (tertiary/aromatic N) is 1. The van der Waals surface area contributed by atoms with Crippen molar-refractivity contribution in [2.45, 2.75) is 25.4 Å². The minimum atomic E-state index is -4.42. The molecule has 1 heterocycles. The van der Waals surface area contributed by atoms with Crippen molar-refractivity contribution in [1.82, 2.24) is 10.2 Å². The monoisotopic (exact) mass is 288 g/mol. The number of ether oxygens (including phenoxy) is 1. The molecule has 0 saturated carbocycles. The quantitative estimate of drug-likeness (QED) is 0.869. The predicted molar refractivity (Wildman–Crippen MR) is 65.8 cm³/mol. The molecule has 110 valence electrons. The third-order valence-electron chi connectivity index (χ3n) is 3.02. The number of nitrogens with one attached hydrogen (secondary N) is 1. The van der Waals surface area contributed by atoms with Gasteiger partial charge in [-0.25, -0.2) is 10.1 Å². The van der Waals surface area contributed by atoms with Crippen molar-refractivity contribution < 1.29 is 22.7 Å². The highest BCUT2D eigenvalue weighted by molar-refractivity contribution is 5.68. The van der Waals surface area contributed by atoms with E-state index >= 15 is 0 Å². The van der Waals surface area contributed by atoms with E-state index in [9.17, 15) is 18.0 Å². The van der Waals surface area contributed by atoms with Gasteiger partial charge in [-0.3, -0.25) is 0 Å². The molecule has 2 rings (SSSR count). The Morgan fingerprint density at radius 1 is 1.35 bits per heavy atom. The van der Waals surface area contributed by atoms with Crippen LogP contribution in [0.3, 0.4) is 0 Å². The van der Waals surface area contributed by atoms with Crippen molar-refractivity contribution in [3.8, 4) is 0 Å². The van der Waals surface area contributed by atoms with Gasteiger partial charge in [-0.15, -0.1) is 0 Å². The summed E-state index contributed by atoms with van der Waals surface area (Å²) in [6.45, 7) is 0.391. The molecular formula is C13H15F3N2O2. The van der Waals surface area contributed by atoms with Gasteiger partial charge in [-0.1, -0.05) is 30.3 Å². The molecule has 1 atom stereocenters. The first-order valence-electron chi connectivity index (χ1n) is 6.24. The number of likely N-dealkylation sites (tertiary alicyclic amines) is 1. The van der Waals surface area contributed by atoms with Crippen LogP contribution in [0.5, 0.6) is 0 Å². The normalized spacial score (nSPS) is 19.1. The maximum atomic E-state index is 12.2. The van der Waals surface area contributed by atoms with E-state index in [1.807, 2.05) is 30.3 Å². The number of carbonyl (C=O) groups excluding carboxylic acids is 1. The van der Waals surface area contributed by atoms with Crippen LogP contribution in [0.1, 0.15) is 12.0 Å². The smallest absolute Gasteiger partial charge is 0.445 e. The van der Waals surface area contributed by atoms with E-state index in [0.717, 1.165) is 5.56 Å². The first kappa shape index (κ1) is 14.6. The fourth-order valence-corrected chi connectivity index (χ4v) is 2.09. The second-order valence-corrected chi connectivity index (χ2v) is 4.61. The van der Waals surface area contributed by atoms with E-state index in [-0.39, 0.29) is 26.1 Å². The van der Waals surface area contributed by atoms with Crippen LogP contribution < -0.4 is 5.32 Å². The fourth-order valence-electron chi connectivity index (χ4n) is 2.09. The zero-order valence-corrected chi connectivity index (χ0v) is 10.7. The maximum absolute atomic E-state index is 12.2. The van der Waals surface area contributed by atoms with E-state index < -0.39 is 18.4 Å². The average molecular weight is 288 g/mol. The molecule has 4 nitrogen and oxygen atoms in total. The van der Waals surface area contributed by atoms with Crippen LogP contribution >= 0.6 is 0 Å². The molecule has 20 heavy (non-hydrogen) atoms. The zero-order chi connectivity index (χ0) is 14.6. The molecule has 1 amide bonds. The van der Waals surface area contributed by atoms with Gasteiger partial charge in [0.05, 0.1) is 0 Å². The summed E-state index contributed by atoms with van der Waals surface area (Å²) in [7, 11) is 0. The lowest BCUT2D eigenvalue weighted by Gasteiger charge is -2.18. The molecule has 0 bridgehead atoms. The summed E-state index contributed by atoms with van der Waals surface area (Å²) in [6, 6.07) is 8.35. The Kier molecular flexibility index (Phi) is 4.49.